The van der Waals surface area contributed by atoms with Gasteiger partial charge in [-0.2, -0.15) is 0 Å². The van der Waals surface area contributed by atoms with E-state index in [2.05, 4.69) is 19.9 Å². The van der Waals surface area contributed by atoms with E-state index in [-0.39, 0.29) is 23.6 Å². The summed E-state index contributed by atoms with van der Waals surface area (Å²) in [5, 5.41) is 20.8. The van der Waals surface area contributed by atoms with Crippen molar-refractivity contribution in [2.45, 2.75) is 49.4 Å². The van der Waals surface area contributed by atoms with E-state index in [0.717, 1.165) is 4.57 Å². The quantitative estimate of drug-likeness (QED) is 0.146. The number of aliphatic hydroxyl groups excluding tert-OH is 2. The van der Waals surface area contributed by atoms with Crippen LogP contribution in [0.1, 0.15) is 18.9 Å². The van der Waals surface area contributed by atoms with Crippen molar-refractivity contribution in [2.24, 2.45) is 0 Å². The van der Waals surface area contributed by atoms with Crippen molar-refractivity contribution >= 4 is 35.5 Å². The van der Waals surface area contributed by atoms with Crippen LogP contribution >= 0.6 is 6.72 Å². The first-order chi connectivity index (χ1) is 21.1. The third-order valence-corrected chi connectivity index (χ3v) is 8.90. The molecule has 6 heterocycles. The molecule has 2 fully saturated rings. The summed E-state index contributed by atoms with van der Waals surface area (Å²) in [6.45, 7) is -5.28. The average molecular weight is 653 g/mol. The van der Waals surface area contributed by atoms with E-state index in [4.69, 9.17) is 45.2 Å². The molecule has 8 atom stereocenters. The molecular weight excluding hydrogens is 625 g/mol. The Morgan fingerprint density at radius 2 is 2.07 bits per heavy atom. The zero-order valence-electron chi connectivity index (χ0n) is 22.9. The van der Waals surface area contributed by atoms with Crippen LogP contribution in [-0.4, -0.2) is 90.1 Å². The number of furan rings is 1. The lowest BCUT2D eigenvalue weighted by Gasteiger charge is -2.32. The van der Waals surface area contributed by atoms with Gasteiger partial charge in [0.25, 0.3) is 5.56 Å². The summed E-state index contributed by atoms with van der Waals surface area (Å²) in [5.41, 5.74) is 5.18. The van der Waals surface area contributed by atoms with Crippen LogP contribution in [0.3, 0.4) is 0 Å². The Hall–Kier alpha value is -3.36. The first kappa shape index (κ1) is 30.7. The van der Waals surface area contributed by atoms with Gasteiger partial charge in [0.15, 0.2) is 17.7 Å². The van der Waals surface area contributed by atoms with E-state index in [1.807, 2.05) is 0 Å². The maximum atomic E-state index is 13.2. The molecule has 0 spiro atoms. The Kier molecular flexibility index (Phi) is 8.50. The number of methoxy groups -OCH3 is 1. The van der Waals surface area contributed by atoms with Crippen molar-refractivity contribution < 1.29 is 42.8 Å². The maximum absolute atomic E-state index is 13.2. The van der Waals surface area contributed by atoms with Gasteiger partial charge in [-0.05, 0) is 12.1 Å². The van der Waals surface area contributed by atoms with Crippen molar-refractivity contribution in [3.63, 3.8) is 0 Å². The second kappa shape index (κ2) is 12.2. The molecule has 0 radical (unpaired) electrons. The van der Waals surface area contributed by atoms with Gasteiger partial charge in [-0.1, -0.05) is 11.8 Å². The fourth-order valence-corrected chi connectivity index (χ4v) is 6.66. The third-order valence-electron chi connectivity index (χ3n) is 7.33. The number of hydrogen-bond acceptors (Lipinski definition) is 16. The Balaban J connectivity index is 1.13. The van der Waals surface area contributed by atoms with Gasteiger partial charge in [-0.3, -0.25) is 18.9 Å². The second-order valence-corrected chi connectivity index (χ2v) is 12.7. The monoisotopic (exact) mass is 652 g/mol. The zero-order chi connectivity index (χ0) is 31.2. The van der Waals surface area contributed by atoms with Gasteiger partial charge in [0, 0.05) is 19.7 Å². The van der Waals surface area contributed by atoms with E-state index < -0.39 is 74.2 Å². The molecule has 2 saturated heterocycles. The maximum Gasteiger partial charge on any atom is 0.330 e. The highest BCUT2D eigenvalue weighted by atomic mass is 32.5. The Labute approximate surface area is 252 Å². The summed E-state index contributed by atoms with van der Waals surface area (Å²) >= 11 is 5.10. The standard InChI is InChI=1S/C24H28N7O11PS/c1-37-19-18(33)15(41-23(19)31-10-28-17-20(25)26-9-27-21(17)31)8-39-43(36,44)42-13-5-16(40-14(13)7-32)30-6-11(12-3-2-4-38-12)22(34)29-24(30)35/h2-4,6,9-10,13-16,18-19,23,32-33H,5,7-8H2,1H3,(H,36,44)(H2,25,26,27)(H,29,34,35)/p-1/t13?,14-,15-,16-,18?,19+,23-,43?/m1/s1. The summed E-state index contributed by atoms with van der Waals surface area (Å²) in [7, 11) is 1.38. The van der Waals surface area contributed by atoms with Crippen LogP contribution in [0.15, 0.2) is 51.3 Å². The highest BCUT2D eigenvalue weighted by Crippen LogP contribution is 2.46. The predicted molar refractivity (Wildman–Crippen MR) is 150 cm³/mol. The molecule has 3 unspecified atom stereocenters. The van der Waals surface area contributed by atoms with Gasteiger partial charge < -0.3 is 48.5 Å². The smallest absolute Gasteiger partial charge is 0.330 e. The number of aromatic nitrogens is 6. The van der Waals surface area contributed by atoms with E-state index in [1.165, 1.54) is 36.8 Å². The fourth-order valence-electron chi connectivity index (χ4n) is 5.20. The Bertz CT molecular complexity index is 1800. The number of nitrogens with one attached hydrogen (secondary N) is 1. The molecule has 18 nitrogen and oxygen atoms in total. The number of hydrogen-bond donors (Lipinski definition) is 4. The van der Waals surface area contributed by atoms with Crippen molar-refractivity contribution in [2.75, 3.05) is 26.1 Å². The summed E-state index contributed by atoms with van der Waals surface area (Å²) < 4.78 is 36.1. The van der Waals surface area contributed by atoms with Crippen molar-refractivity contribution in [1.29, 1.82) is 0 Å². The lowest BCUT2D eigenvalue weighted by Crippen LogP contribution is -2.35. The number of fused-ring (bicyclic) bond motifs is 1. The van der Waals surface area contributed by atoms with E-state index in [9.17, 15) is 24.7 Å². The highest BCUT2D eigenvalue weighted by Gasteiger charge is 2.46. The molecule has 2 aliphatic heterocycles. The lowest BCUT2D eigenvalue weighted by atomic mass is 10.1. The number of nitrogens with zero attached hydrogens (tertiary/aromatic N) is 5. The normalized spacial score (nSPS) is 28.5. The van der Waals surface area contributed by atoms with E-state index in [1.54, 1.807) is 12.1 Å². The molecule has 2 aliphatic rings. The van der Waals surface area contributed by atoms with Crippen LogP contribution in [0.5, 0.6) is 0 Å². The number of aromatic amines is 1. The largest absolute Gasteiger partial charge is 0.780 e. The molecular formula is C24H27N7O11PS-. The molecule has 0 aliphatic carbocycles. The van der Waals surface area contributed by atoms with Gasteiger partial charge in [0.2, 0.25) is 0 Å². The highest BCUT2D eigenvalue weighted by molar-refractivity contribution is 8.06. The minimum Gasteiger partial charge on any atom is -0.780 e. The number of H-pyrrole nitrogens is 1. The molecule has 4 aromatic heterocycles. The van der Waals surface area contributed by atoms with Crippen LogP contribution < -0.4 is 21.9 Å². The molecule has 5 N–H and O–H groups in total. The number of rotatable bonds is 10. The van der Waals surface area contributed by atoms with Crippen LogP contribution in [0.4, 0.5) is 5.82 Å². The van der Waals surface area contributed by atoms with Crippen molar-refractivity contribution in [3.8, 4) is 11.3 Å². The van der Waals surface area contributed by atoms with Gasteiger partial charge in [0.1, 0.15) is 55.0 Å². The molecule has 44 heavy (non-hydrogen) atoms. The molecule has 0 bridgehead atoms. The van der Waals surface area contributed by atoms with E-state index in [0.29, 0.717) is 11.2 Å². The molecule has 20 heteroatoms. The third kappa shape index (κ3) is 5.74. The number of nitrogen functional groups attached to an aromatic ring is 1. The summed E-state index contributed by atoms with van der Waals surface area (Å²) in [6.07, 6.45) is -1.97. The topological polar surface area (TPSA) is 247 Å². The molecule has 6 rings (SSSR count). The average Bonchev–Trinajstić information content (AvgIpc) is 3.78. The van der Waals surface area contributed by atoms with Crippen molar-refractivity contribution in [1.82, 2.24) is 29.1 Å². The lowest BCUT2D eigenvalue weighted by molar-refractivity contribution is -0.215. The molecule has 4 aromatic rings. The second-order valence-electron chi connectivity index (χ2n) is 9.96. The molecule has 0 amide bonds. The first-order valence-corrected chi connectivity index (χ1v) is 15.7. The summed E-state index contributed by atoms with van der Waals surface area (Å²) in [4.78, 5) is 52.6. The summed E-state index contributed by atoms with van der Waals surface area (Å²) in [5.74, 6) is 0.383. The van der Waals surface area contributed by atoms with Gasteiger partial charge >= 0.3 is 5.69 Å². The van der Waals surface area contributed by atoms with Crippen molar-refractivity contribution in [3.05, 3.63) is 58.1 Å². The molecule has 0 aromatic carbocycles. The number of nitrogens with two attached hydrogens (primary N) is 1. The minimum atomic E-state index is -4.27. The van der Waals surface area contributed by atoms with Gasteiger partial charge in [0.05, 0.1) is 37.5 Å². The number of imidazole rings is 1. The zero-order valence-corrected chi connectivity index (χ0v) is 24.6. The molecule has 0 saturated carbocycles. The fraction of sp³-hybridized carbons (Fsp3) is 0.458. The number of anilines is 1. The molecule has 236 valence electrons. The Morgan fingerprint density at radius 1 is 1.25 bits per heavy atom. The predicted octanol–water partition coefficient (Wildman–Crippen LogP) is -1.24. The number of aliphatic hydroxyl groups is 2. The van der Waals surface area contributed by atoms with E-state index >= 15 is 0 Å². The SMILES string of the molecule is CO[C@H]1C(O)[C@@H](COP([O-])(=S)OC2C[C@H](n3cc(-c4ccco4)c(=O)[nH]c3=O)O[C@@H]2CO)O[C@H]1n1cnc2c(N)ncnc21. The van der Waals surface area contributed by atoms with Gasteiger partial charge in [-0.15, -0.1) is 0 Å². The van der Waals surface area contributed by atoms with Crippen LogP contribution in [0, 0.1) is 0 Å². The van der Waals surface area contributed by atoms with Crippen LogP contribution in [-0.2, 0) is 35.1 Å². The number of ether oxygens (including phenoxy) is 3. The Morgan fingerprint density at radius 3 is 2.80 bits per heavy atom. The first-order valence-electron chi connectivity index (χ1n) is 13.2. The van der Waals surface area contributed by atoms with Crippen LogP contribution in [0.25, 0.3) is 22.5 Å². The van der Waals surface area contributed by atoms with Crippen LogP contribution in [0.2, 0.25) is 0 Å². The summed E-state index contributed by atoms with van der Waals surface area (Å²) in [6, 6.07) is 3.13. The minimum absolute atomic E-state index is 0.0720. The van der Waals surface area contributed by atoms with Gasteiger partial charge in [-0.25, -0.2) is 19.7 Å².